The van der Waals surface area contributed by atoms with E-state index in [0.717, 1.165) is 74.3 Å². The van der Waals surface area contributed by atoms with Crippen LogP contribution in [0.5, 0.6) is 0 Å². The summed E-state index contributed by atoms with van der Waals surface area (Å²) in [5.74, 6) is 0.209. The van der Waals surface area contributed by atoms with E-state index < -0.39 is 11.8 Å². The van der Waals surface area contributed by atoms with Crippen molar-refractivity contribution in [1.29, 1.82) is 5.26 Å². The number of ketones is 1. The van der Waals surface area contributed by atoms with Crippen molar-refractivity contribution in [3.8, 4) is 6.07 Å². The zero-order valence-electron chi connectivity index (χ0n) is 26.4. The van der Waals surface area contributed by atoms with Crippen LogP contribution in [0, 0.1) is 18.3 Å². The first-order valence-electron chi connectivity index (χ1n) is 16.0. The Labute approximate surface area is 264 Å². The van der Waals surface area contributed by atoms with Gasteiger partial charge < -0.3 is 29.8 Å². The third-order valence-electron chi connectivity index (χ3n) is 8.64. The summed E-state index contributed by atoms with van der Waals surface area (Å²) in [6.07, 6.45) is 4.00. The highest BCUT2D eigenvalue weighted by Gasteiger charge is 2.32. The molecule has 0 unspecified atom stereocenters. The van der Waals surface area contributed by atoms with E-state index in [1.165, 1.54) is 0 Å². The van der Waals surface area contributed by atoms with Crippen LogP contribution in [0.1, 0.15) is 62.1 Å². The molecule has 2 saturated heterocycles. The van der Waals surface area contributed by atoms with Gasteiger partial charge in [0, 0.05) is 55.0 Å². The number of allylic oxidation sites excluding steroid dienone is 1. The number of hydrogen-bond donors (Lipinski definition) is 2. The maximum absolute atomic E-state index is 13.9. The van der Waals surface area contributed by atoms with Crippen molar-refractivity contribution in [1.82, 2.24) is 15.1 Å². The number of nitrogens with one attached hydrogen (secondary N) is 2. The molecule has 0 spiro atoms. The SMILES string of the molecule is CCN(CC)c1ccc(C(=O)/C(C#N)=C(/Nc2ccc3oc(C)cc3c2)N[C@H]2CCCCN(CC(=O)N3CCCC3)C2=O)cc1. The largest absolute Gasteiger partial charge is 0.461 e. The Kier molecular flexibility index (Phi) is 10.1. The lowest BCUT2D eigenvalue weighted by Crippen LogP contribution is -2.49. The van der Waals surface area contributed by atoms with Gasteiger partial charge in [0.15, 0.2) is 0 Å². The monoisotopic (exact) mass is 610 g/mol. The lowest BCUT2D eigenvalue weighted by molar-refractivity contribution is -0.140. The molecule has 0 bridgehead atoms. The summed E-state index contributed by atoms with van der Waals surface area (Å²) in [6, 6.07) is 16.0. The van der Waals surface area contributed by atoms with E-state index in [4.69, 9.17) is 4.42 Å². The highest BCUT2D eigenvalue weighted by Crippen LogP contribution is 2.25. The van der Waals surface area contributed by atoms with Gasteiger partial charge in [0.25, 0.3) is 0 Å². The Morgan fingerprint density at radius 2 is 1.71 bits per heavy atom. The van der Waals surface area contributed by atoms with Crippen molar-refractivity contribution in [2.75, 3.05) is 49.5 Å². The first-order valence-corrected chi connectivity index (χ1v) is 16.0. The lowest BCUT2D eigenvalue weighted by atomic mass is 10.0. The molecular weight excluding hydrogens is 568 g/mol. The molecule has 1 aromatic heterocycles. The number of Topliss-reactive ketones (excluding diaryl/α,β-unsaturated/α-hetero) is 1. The molecule has 0 radical (unpaired) electrons. The van der Waals surface area contributed by atoms with E-state index in [9.17, 15) is 19.6 Å². The molecule has 1 atom stereocenters. The standard InChI is InChI=1S/C35H42N6O4/c1-4-39(5-2)28-14-11-25(12-15-28)33(43)29(22-36)34(37-27-13-16-31-26(21-27)20-24(3)45-31)38-30-10-6-7-19-41(35(30)44)23-32(42)40-17-8-9-18-40/h11-16,20-21,30,37-38H,4-10,17-19,23H2,1-3H3/b34-29-/t30-/m0/s1. The van der Waals surface area contributed by atoms with Gasteiger partial charge in [-0.1, -0.05) is 0 Å². The predicted octanol–water partition coefficient (Wildman–Crippen LogP) is 5.21. The van der Waals surface area contributed by atoms with Crippen LogP contribution in [-0.2, 0) is 9.59 Å². The Hall–Kier alpha value is -4.78. The smallest absolute Gasteiger partial charge is 0.245 e. The van der Waals surface area contributed by atoms with Gasteiger partial charge in [-0.2, -0.15) is 5.26 Å². The maximum atomic E-state index is 13.9. The zero-order valence-corrected chi connectivity index (χ0v) is 26.4. The van der Waals surface area contributed by atoms with Gasteiger partial charge in [0.1, 0.15) is 34.8 Å². The average molecular weight is 611 g/mol. The molecule has 2 aliphatic heterocycles. The van der Waals surface area contributed by atoms with Gasteiger partial charge in [0.05, 0.1) is 6.54 Å². The predicted molar refractivity (Wildman–Crippen MR) is 175 cm³/mol. The Morgan fingerprint density at radius 1 is 1.00 bits per heavy atom. The molecule has 10 heteroatoms. The summed E-state index contributed by atoms with van der Waals surface area (Å²) in [6.45, 7) is 9.66. The summed E-state index contributed by atoms with van der Waals surface area (Å²) < 4.78 is 5.72. The number of amides is 2. The van der Waals surface area contributed by atoms with Crippen LogP contribution < -0.4 is 15.5 Å². The van der Waals surface area contributed by atoms with E-state index in [0.29, 0.717) is 24.2 Å². The minimum absolute atomic E-state index is 0.0307. The van der Waals surface area contributed by atoms with E-state index in [1.807, 2.05) is 42.2 Å². The average Bonchev–Trinajstić information content (AvgIpc) is 3.68. The minimum atomic E-state index is -0.720. The summed E-state index contributed by atoms with van der Waals surface area (Å²) in [5.41, 5.74) is 2.58. The van der Waals surface area contributed by atoms with Gasteiger partial charge in [-0.3, -0.25) is 14.4 Å². The van der Waals surface area contributed by atoms with E-state index in [2.05, 4.69) is 35.5 Å². The van der Waals surface area contributed by atoms with E-state index >= 15 is 0 Å². The topological polar surface area (TPSA) is 122 Å². The third kappa shape index (κ3) is 7.31. The maximum Gasteiger partial charge on any atom is 0.245 e. The van der Waals surface area contributed by atoms with Gasteiger partial charge in [-0.05, 0) is 101 Å². The molecule has 10 nitrogen and oxygen atoms in total. The summed E-state index contributed by atoms with van der Waals surface area (Å²) >= 11 is 0. The Bertz CT molecular complexity index is 1610. The van der Waals surface area contributed by atoms with Crippen LogP contribution in [0.3, 0.4) is 0 Å². The summed E-state index contributed by atoms with van der Waals surface area (Å²) in [4.78, 5) is 46.2. The van der Waals surface area contributed by atoms with Crippen molar-refractivity contribution >= 4 is 39.9 Å². The fourth-order valence-electron chi connectivity index (χ4n) is 6.15. The van der Waals surface area contributed by atoms with Crippen molar-refractivity contribution in [3.63, 3.8) is 0 Å². The number of likely N-dealkylation sites (tertiary alicyclic amines) is 2. The number of carbonyl (C=O) groups excluding carboxylic acids is 3. The quantitative estimate of drug-likeness (QED) is 0.172. The van der Waals surface area contributed by atoms with Crippen molar-refractivity contribution in [2.45, 2.75) is 58.9 Å². The van der Waals surface area contributed by atoms with Crippen molar-refractivity contribution < 1.29 is 18.8 Å². The van der Waals surface area contributed by atoms with Crippen LogP contribution in [0.15, 0.2) is 64.3 Å². The van der Waals surface area contributed by atoms with Gasteiger partial charge in [0.2, 0.25) is 17.6 Å². The van der Waals surface area contributed by atoms with Gasteiger partial charge in [-0.25, -0.2) is 0 Å². The Balaban J connectivity index is 1.46. The highest BCUT2D eigenvalue weighted by molar-refractivity contribution is 6.12. The van der Waals surface area contributed by atoms with Crippen LogP contribution in [0.25, 0.3) is 11.0 Å². The highest BCUT2D eigenvalue weighted by atomic mass is 16.3. The number of aryl methyl sites for hydroxylation is 1. The van der Waals surface area contributed by atoms with Crippen LogP contribution in [0.4, 0.5) is 11.4 Å². The molecule has 45 heavy (non-hydrogen) atoms. The van der Waals surface area contributed by atoms with Crippen LogP contribution in [0.2, 0.25) is 0 Å². The van der Waals surface area contributed by atoms with Crippen LogP contribution >= 0.6 is 0 Å². The Morgan fingerprint density at radius 3 is 2.40 bits per heavy atom. The number of furan rings is 1. The number of anilines is 2. The number of nitrogens with zero attached hydrogens (tertiary/aromatic N) is 4. The second-order valence-electron chi connectivity index (χ2n) is 11.7. The molecule has 5 rings (SSSR count). The molecule has 3 heterocycles. The van der Waals surface area contributed by atoms with Crippen LogP contribution in [-0.4, -0.2) is 72.7 Å². The van der Waals surface area contributed by atoms with E-state index in [1.54, 1.807) is 23.1 Å². The molecule has 2 fully saturated rings. The number of hydrogen-bond acceptors (Lipinski definition) is 8. The van der Waals surface area contributed by atoms with Gasteiger partial charge >= 0.3 is 0 Å². The fourth-order valence-corrected chi connectivity index (χ4v) is 6.15. The summed E-state index contributed by atoms with van der Waals surface area (Å²) in [7, 11) is 0. The van der Waals surface area contributed by atoms with E-state index in [-0.39, 0.29) is 29.8 Å². The molecule has 2 aromatic carbocycles. The number of rotatable bonds is 11. The molecule has 0 aliphatic carbocycles. The van der Waals surface area contributed by atoms with Crippen molar-refractivity contribution in [3.05, 3.63) is 71.2 Å². The molecule has 0 saturated carbocycles. The zero-order chi connectivity index (χ0) is 31.9. The third-order valence-corrected chi connectivity index (χ3v) is 8.64. The summed E-state index contributed by atoms with van der Waals surface area (Å²) in [5, 5.41) is 17.7. The molecular formula is C35H42N6O4. The number of carbonyl (C=O) groups is 3. The molecule has 2 amide bonds. The molecule has 2 aliphatic rings. The second kappa shape index (κ2) is 14.3. The fraction of sp³-hybridized carbons (Fsp3) is 0.429. The molecule has 2 N–H and O–H groups in total. The number of fused-ring (bicyclic) bond motifs is 1. The molecule has 3 aromatic rings. The van der Waals surface area contributed by atoms with Crippen molar-refractivity contribution in [2.24, 2.45) is 0 Å². The number of benzene rings is 2. The lowest BCUT2D eigenvalue weighted by Gasteiger charge is -2.28. The number of nitriles is 1. The second-order valence-corrected chi connectivity index (χ2v) is 11.7. The minimum Gasteiger partial charge on any atom is -0.461 e. The normalized spacial score (nSPS) is 17.5. The first-order chi connectivity index (χ1) is 21.8. The first kappa shape index (κ1) is 31.6. The van der Waals surface area contributed by atoms with Gasteiger partial charge in [-0.15, -0.1) is 0 Å². The molecule has 236 valence electrons.